The molecule has 176 valence electrons. The maximum absolute atomic E-state index is 11.9. The van der Waals surface area contributed by atoms with Gasteiger partial charge in [0.15, 0.2) is 0 Å². The van der Waals surface area contributed by atoms with Gasteiger partial charge in [-0.25, -0.2) is 0 Å². The third kappa shape index (κ3) is 12.0. The van der Waals surface area contributed by atoms with Gasteiger partial charge in [-0.05, 0) is 25.2 Å². The van der Waals surface area contributed by atoms with Crippen molar-refractivity contribution in [1.29, 1.82) is 0 Å². The second kappa shape index (κ2) is 17.6. The molecule has 3 unspecified atom stereocenters. The summed E-state index contributed by atoms with van der Waals surface area (Å²) in [6.07, 6.45) is 21.7. The fraction of sp³-hybridized carbons (Fsp3) is 0.923. The zero-order valence-corrected chi connectivity index (χ0v) is 19.8. The number of rotatable bonds is 18. The first kappa shape index (κ1) is 27.0. The van der Waals surface area contributed by atoms with Crippen LogP contribution in [0.2, 0.25) is 0 Å². The number of carboxylic acids is 1. The Morgan fingerprint density at radius 1 is 0.833 bits per heavy atom. The van der Waals surface area contributed by atoms with Gasteiger partial charge in [0, 0.05) is 0 Å². The molecule has 1 aliphatic rings. The van der Waals surface area contributed by atoms with E-state index in [1.54, 1.807) is 6.92 Å². The van der Waals surface area contributed by atoms with Crippen LogP contribution in [-0.4, -0.2) is 23.7 Å². The van der Waals surface area contributed by atoms with Gasteiger partial charge in [-0.2, -0.15) is 0 Å². The molecule has 1 rings (SSSR count). The molecule has 0 radical (unpaired) electrons. The lowest BCUT2D eigenvalue weighted by Crippen LogP contribution is -2.34. The third-order valence-corrected chi connectivity index (χ3v) is 6.92. The number of aliphatic carboxylic acids is 1. The number of unbranched alkanes of at least 4 members (excludes halogenated alkanes) is 11. The summed E-state index contributed by atoms with van der Waals surface area (Å²) in [6.45, 7) is 4.35. The highest BCUT2D eigenvalue weighted by atomic mass is 16.5. The van der Waals surface area contributed by atoms with Gasteiger partial charge < -0.3 is 9.84 Å². The monoisotopic (exact) mass is 424 g/mol. The van der Waals surface area contributed by atoms with Crippen LogP contribution in [0.1, 0.15) is 129 Å². The molecule has 0 aromatic heterocycles. The molecule has 4 nitrogen and oxygen atoms in total. The second-order valence-corrected chi connectivity index (χ2v) is 9.34. The Morgan fingerprint density at radius 3 is 1.90 bits per heavy atom. The highest BCUT2D eigenvalue weighted by Crippen LogP contribution is 2.39. The number of carboxylic acid groups (broad SMARTS) is 1. The highest BCUT2D eigenvalue weighted by Gasteiger charge is 2.37. The van der Waals surface area contributed by atoms with Gasteiger partial charge in [-0.3, -0.25) is 9.59 Å². The molecule has 1 fully saturated rings. The Bertz CT molecular complexity index is 448. The van der Waals surface area contributed by atoms with Crippen molar-refractivity contribution in [3.05, 3.63) is 0 Å². The van der Waals surface area contributed by atoms with Crippen molar-refractivity contribution in [1.82, 2.24) is 0 Å². The van der Waals surface area contributed by atoms with E-state index in [1.165, 1.54) is 83.5 Å². The molecule has 1 aliphatic carbocycles. The smallest absolute Gasteiger partial charge is 0.307 e. The predicted molar refractivity (Wildman–Crippen MR) is 124 cm³/mol. The average Bonchev–Trinajstić information content (AvgIpc) is 2.73. The van der Waals surface area contributed by atoms with E-state index in [4.69, 9.17) is 4.74 Å². The normalized spacial score (nSPS) is 20.1. The number of ether oxygens (including phenoxy) is 1. The van der Waals surface area contributed by atoms with E-state index in [0.717, 1.165) is 25.7 Å². The summed E-state index contributed by atoms with van der Waals surface area (Å²) in [5.41, 5.74) is 0. The lowest BCUT2D eigenvalue weighted by Gasteiger charge is -2.35. The van der Waals surface area contributed by atoms with Crippen molar-refractivity contribution >= 4 is 11.9 Å². The summed E-state index contributed by atoms with van der Waals surface area (Å²) in [7, 11) is 0. The van der Waals surface area contributed by atoms with Crippen LogP contribution in [0.15, 0.2) is 0 Å². The van der Waals surface area contributed by atoms with Crippen molar-refractivity contribution < 1.29 is 19.4 Å². The number of carbonyl (C=O) groups is 2. The molecule has 1 N–H and O–H groups in total. The summed E-state index contributed by atoms with van der Waals surface area (Å²) in [5, 5.41) is 9.73. The van der Waals surface area contributed by atoms with Crippen molar-refractivity contribution in [2.75, 3.05) is 6.61 Å². The van der Waals surface area contributed by atoms with Gasteiger partial charge in [-0.15, -0.1) is 0 Å². The topological polar surface area (TPSA) is 63.6 Å². The molecule has 0 saturated heterocycles. The van der Waals surface area contributed by atoms with Crippen LogP contribution in [-0.2, 0) is 14.3 Å². The first-order valence-corrected chi connectivity index (χ1v) is 13.0. The molecule has 1 saturated carbocycles. The fourth-order valence-electron chi connectivity index (χ4n) is 5.19. The number of carbonyl (C=O) groups excluding carboxylic acids is 1. The average molecular weight is 425 g/mol. The van der Waals surface area contributed by atoms with Crippen LogP contribution >= 0.6 is 0 Å². The van der Waals surface area contributed by atoms with E-state index in [0.29, 0.717) is 12.5 Å². The molecule has 0 heterocycles. The Kier molecular flexibility index (Phi) is 15.8. The lowest BCUT2D eigenvalue weighted by molar-refractivity contribution is -0.154. The largest absolute Gasteiger partial charge is 0.481 e. The zero-order chi connectivity index (χ0) is 22.0. The van der Waals surface area contributed by atoms with E-state index in [2.05, 4.69) is 6.92 Å². The SMILES string of the molecule is CCCCCCCCCCCCCCC1CCCCC1C(CC(=O)OCC)C(=O)O. The van der Waals surface area contributed by atoms with Gasteiger partial charge >= 0.3 is 11.9 Å². The van der Waals surface area contributed by atoms with Gasteiger partial charge in [0.05, 0.1) is 18.9 Å². The van der Waals surface area contributed by atoms with Crippen LogP contribution in [0.25, 0.3) is 0 Å². The molecule has 4 heteroatoms. The Balaban J connectivity index is 2.22. The standard InChI is InChI=1S/C26H48O4/c1-3-5-6-7-8-9-10-11-12-13-14-15-18-22-19-16-17-20-23(22)24(26(28)29)21-25(27)30-4-2/h22-24H,3-21H2,1-2H3,(H,28,29). The summed E-state index contributed by atoms with van der Waals surface area (Å²) >= 11 is 0. The Labute approximate surface area is 185 Å². The summed E-state index contributed by atoms with van der Waals surface area (Å²) in [5.74, 6) is -1.17. The van der Waals surface area contributed by atoms with Gasteiger partial charge in [-0.1, -0.05) is 110 Å². The Hall–Kier alpha value is -1.06. The number of hydrogen-bond acceptors (Lipinski definition) is 3. The van der Waals surface area contributed by atoms with Gasteiger partial charge in [0.25, 0.3) is 0 Å². The number of esters is 1. The van der Waals surface area contributed by atoms with Gasteiger partial charge in [0.2, 0.25) is 0 Å². The quantitative estimate of drug-likeness (QED) is 0.182. The molecule has 0 spiro atoms. The first-order chi connectivity index (χ1) is 14.6. The van der Waals surface area contributed by atoms with E-state index >= 15 is 0 Å². The van der Waals surface area contributed by atoms with Crippen molar-refractivity contribution in [3.63, 3.8) is 0 Å². The van der Waals surface area contributed by atoms with Crippen LogP contribution in [0.5, 0.6) is 0 Å². The molecule has 30 heavy (non-hydrogen) atoms. The van der Waals surface area contributed by atoms with Crippen LogP contribution in [0.3, 0.4) is 0 Å². The van der Waals surface area contributed by atoms with E-state index in [-0.39, 0.29) is 18.3 Å². The minimum absolute atomic E-state index is 0.0305. The van der Waals surface area contributed by atoms with Crippen LogP contribution in [0, 0.1) is 17.8 Å². The second-order valence-electron chi connectivity index (χ2n) is 9.34. The van der Waals surface area contributed by atoms with E-state index in [1.807, 2.05) is 0 Å². The minimum atomic E-state index is -0.824. The maximum Gasteiger partial charge on any atom is 0.307 e. The number of hydrogen-bond donors (Lipinski definition) is 1. The first-order valence-electron chi connectivity index (χ1n) is 13.0. The lowest BCUT2D eigenvalue weighted by atomic mass is 9.69. The molecular weight excluding hydrogens is 376 g/mol. The van der Waals surface area contributed by atoms with E-state index < -0.39 is 11.9 Å². The predicted octanol–water partition coefficient (Wildman–Crippen LogP) is 7.54. The molecule has 0 aliphatic heterocycles. The minimum Gasteiger partial charge on any atom is -0.481 e. The summed E-state index contributed by atoms with van der Waals surface area (Å²) in [4.78, 5) is 23.7. The van der Waals surface area contributed by atoms with Crippen molar-refractivity contribution in [2.45, 2.75) is 129 Å². The molecular formula is C26H48O4. The van der Waals surface area contributed by atoms with Crippen molar-refractivity contribution in [2.24, 2.45) is 17.8 Å². The van der Waals surface area contributed by atoms with E-state index in [9.17, 15) is 14.7 Å². The highest BCUT2D eigenvalue weighted by molar-refractivity contribution is 5.79. The fourth-order valence-corrected chi connectivity index (χ4v) is 5.19. The zero-order valence-electron chi connectivity index (χ0n) is 19.8. The molecule has 0 aromatic rings. The maximum atomic E-state index is 11.9. The molecule has 0 aromatic carbocycles. The Morgan fingerprint density at radius 2 is 1.37 bits per heavy atom. The summed E-state index contributed by atoms with van der Waals surface area (Å²) in [6, 6.07) is 0. The summed E-state index contributed by atoms with van der Waals surface area (Å²) < 4.78 is 5.02. The molecule has 0 amide bonds. The molecule has 0 bridgehead atoms. The third-order valence-electron chi connectivity index (χ3n) is 6.92. The molecule has 3 atom stereocenters. The van der Waals surface area contributed by atoms with Crippen LogP contribution in [0.4, 0.5) is 0 Å². The van der Waals surface area contributed by atoms with Crippen LogP contribution < -0.4 is 0 Å². The van der Waals surface area contributed by atoms with Crippen molar-refractivity contribution in [3.8, 4) is 0 Å². The van der Waals surface area contributed by atoms with Gasteiger partial charge in [0.1, 0.15) is 0 Å².